The van der Waals surface area contributed by atoms with Crippen molar-refractivity contribution in [2.45, 2.75) is 63.2 Å². The second kappa shape index (κ2) is 14.6. The number of nitrogens with one attached hydrogen (secondary N) is 3. The van der Waals surface area contributed by atoms with Crippen LogP contribution in [0.1, 0.15) is 38.2 Å². The predicted octanol–water partition coefficient (Wildman–Crippen LogP) is -1.88. The number of hydrogen-bond donors (Lipinski definition) is 7. The lowest BCUT2D eigenvalue weighted by Crippen LogP contribution is -2.57. The van der Waals surface area contributed by atoms with Gasteiger partial charge in [-0.3, -0.25) is 19.2 Å². The van der Waals surface area contributed by atoms with Crippen LogP contribution in [0.2, 0.25) is 0 Å². The molecule has 4 atom stereocenters. The van der Waals surface area contributed by atoms with Gasteiger partial charge in [0, 0.05) is 6.42 Å². The summed E-state index contributed by atoms with van der Waals surface area (Å²) in [4.78, 5) is 60.4. The Morgan fingerprint density at radius 1 is 0.912 bits per heavy atom. The van der Waals surface area contributed by atoms with Crippen LogP contribution in [0.5, 0.6) is 0 Å². The van der Waals surface area contributed by atoms with Gasteiger partial charge in [0.05, 0.1) is 12.5 Å². The van der Waals surface area contributed by atoms with E-state index in [0.29, 0.717) is 31.4 Å². The minimum Gasteiger partial charge on any atom is -0.480 e. The first kappa shape index (κ1) is 28.5. The van der Waals surface area contributed by atoms with Gasteiger partial charge in [-0.1, -0.05) is 36.8 Å². The number of aliphatic carboxylic acids is 1. The van der Waals surface area contributed by atoms with E-state index in [0.717, 1.165) is 0 Å². The number of carbonyl (C=O) groups is 5. The van der Waals surface area contributed by atoms with Crippen LogP contribution in [-0.4, -0.2) is 65.4 Å². The first-order valence-corrected chi connectivity index (χ1v) is 11.0. The Bertz CT molecular complexity index is 850. The summed E-state index contributed by atoms with van der Waals surface area (Å²) in [5.41, 5.74) is 17.1. The number of carbonyl (C=O) groups excluding carboxylic acids is 4. The second-order valence-corrected chi connectivity index (χ2v) is 7.94. The summed E-state index contributed by atoms with van der Waals surface area (Å²) in [6.45, 7) is 1.80. The molecule has 1 rings (SSSR count). The van der Waals surface area contributed by atoms with E-state index in [1.807, 2.05) is 0 Å². The molecule has 0 bridgehead atoms. The molecule has 0 aliphatic heterocycles. The topological polar surface area (TPSA) is 220 Å². The largest absolute Gasteiger partial charge is 0.480 e. The molecule has 0 aromatic heterocycles. The standard InChI is InChI=1S/C22H34N6O6/c1-13(19(30)28-17(22(33)34)11-14-7-3-2-4-8-14)26-21(32)16(12-18(25)29)27-20(31)15(24)9-5-6-10-23/h2-4,7-8,13,15-17H,5-6,9-12,23-24H2,1H3,(H2,25,29)(H,26,32)(H,27,31)(H,28,30)(H,33,34). The molecule has 10 N–H and O–H groups in total. The second-order valence-electron chi connectivity index (χ2n) is 7.94. The van der Waals surface area contributed by atoms with Crippen molar-refractivity contribution in [1.82, 2.24) is 16.0 Å². The summed E-state index contributed by atoms with van der Waals surface area (Å²) < 4.78 is 0. The molecule has 0 spiro atoms. The summed E-state index contributed by atoms with van der Waals surface area (Å²) in [5, 5.41) is 16.6. The lowest BCUT2D eigenvalue weighted by atomic mass is 10.1. The molecule has 0 saturated carbocycles. The van der Waals surface area contributed by atoms with Gasteiger partial charge in [-0.25, -0.2) is 4.79 Å². The summed E-state index contributed by atoms with van der Waals surface area (Å²) in [6.07, 6.45) is 1.17. The van der Waals surface area contributed by atoms with E-state index in [1.165, 1.54) is 6.92 Å². The average molecular weight is 479 g/mol. The lowest BCUT2D eigenvalue weighted by Gasteiger charge is -2.23. The SMILES string of the molecule is CC(NC(=O)C(CC(N)=O)NC(=O)C(N)CCCCN)C(=O)NC(Cc1ccccc1)C(=O)O. The smallest absolute Gasteiger partial charge is 0.326 e. The third kappa shape index (κ3) is 10.4. The fraction of sp³-hybridized carbons (Fsp3) is 0.500. The number of unbranched alkanes of at least 4 members (excludes halogenated alkanes) is 1. The van der Waals surface area contributed by atoms with E-state index in [-0.39, 0.29) is 6.42 Å². The van der Waals surface area contributed by atoms with Crippen molar-refractivity contribution < 1.29 is 29.1 Å². The molecule has 0 aliphatic rings. The van der Waals surface area contributed by atoms with Gasteiger partial charge in [0.1, 0.15) is 18.1 Å². The number of benzene rings is 1. The first-order valence-electron chi connectivity index (χ1n) is 11.0. The van der Waals surface area contributed by atoms with Crippen molar-refractivity contribution >= 4 is 29.6 Å². The van der Waals surface area contributed by atoms with E-state index in [2.05, 4.69) is 16.0 Å². The van der Waals surface area contributed by atoms with Crippen molar-refractivity contribution in [2.75, 3.05) is 6.54 Å². The number of carboxylic acid groups (broad SMARTS) is 1. The third-order valence-corrected chi connectivity index (χ3v) is 4.99. The van der Waals surface area contributed by atoms with Gasteiger partial charge < -0.3 is 38.3 Å². The van der Waals surface area contributed by atoms with Crippen molar-refractivity contribution in [1.29, 1.82) is 0 Å². The maximum Gasteiger partial charge on any atom is 0.326 e. The summed E-state index contributed by atoms with van der Waals surface area (Å²) in [5.74, 6) is -4.32. The van der Waals surface area contributed by atoms with Crippen LogP contribution in [0.4, 0.5) is 0 Å². The van der Waals surface area contributed by atoms with Crippen LogP contribution in [0.3, 0.4) is 0 Å². The summed E-state index contributed by atoms with van der Waals surface area (Å²) in [6, 6.07) is 4.09. The van der Waals surface area contributed by atoms with Crippen LogP contribution in [0, 0.1) is 0 Å². The zero-order valence-corrected chi connectivity index (χ0v) is 19.2. The molecule has 0 fully saturated rings. The Balaban J connectivity index is 2.74. The number of nitrogens with two attached hydrogens (primary N) is 3. The predicted molar refractivity (Wildman–Crippen MR) is 124 cm³/mol. The van der Waals surface area contributed by atoms with Crippen LogP contribution in [0.15, 0.2) is 30.3 Å². The summed E-state index contributed by atoms with van der Waals surface area (Å²) in [7, 11) is 0. The maximum atomic E-state index is 12.6. The highest BCUT2D eigenvalue weighted by Crippen LogP contribution is 2.05. The van der Waals surface area contributed by atoms with Gasteiger partial charge in [-0.2, -0.15) is 0 Å². The molecule has 0 radical (unpaired) electrons. The molecule has 4 amide bonds. The molecular formula is C22H34N6O6. The molecule has 4 unspecified atom stereocenters. The van der Waals surface area contributed by atoms with Gasteiger partial charge in [0.15, 0.2) is 0 Å². The van der Waals surface area contributed by atoms with E-state index in [4.69, 9.17) is 17.2 Å². The Hall–Kier alpha value is -3.51. The quantitative estimate of drug-likeness (QED) is 0.141. The van der Waals surface area contributed by atoms with E-state index in [9.17, 15) is 29.1 Å². The van der Waals surface area contributed by atoms with Gasteiger partial charge in [0.25, 0.3) is 0 Å². The Morgan fingerprint density at radius 3 is 2.09 bits per heavy atom. The molecule has 34 heavy (non-hydrogen) atoms. The fourth-order valence-electron chi connectivity index (χ4n) is 3.06. The molecule has 0 aliphatic carbocycles. The normalized spacial score (nSPS) is 14.2. The number of amides is 4. The molecule has 0 heterocycles. The van der Waals surface area contributed by atoms with E-state index < -0.39 is 60.2 Å². The highest BCUT2D eigenvalue weighted by Gasteiger charge is 2.29. The van der Waals surface area contributed by atoms with Gasteiger partial charge in [-0.15, -0.1) is 0 Å². The first-order chi connectivity index (χ1) is 16.0. The van der Waals surface area contributed by atoms with Gasteiger partial charge in [-0.05, 0) is 31.9 Å². The molecule has 12 nitrogen and oxygen atoms in total. The number of primary amides is 1. The minimum absolute atomic E-state index is 0.0466. The van der Waals surface area contributed by atoms with Crippen LogP contribution in [0.25, 0.3) is 0 Å². The van der Waals surface area contributed by atoms with Crippen LogP contribution in [-0.2, 0) is 30.4 Å². The average Bonchev–Trinajstić information content (AvgIpc) is 2.78. The number of hydrogen-bond acceptors (Lipinski definition) is 7. The van der Waals surface area contributed by atoms with E-state index >= 15 is 0 Å². The van der Waals surface area contributed by atoms with Crippen molar-refractivity contribution in [3.8, 4) is 0 Å². The van der Waals surface area contributed by atoms with Crippen molar-refractivity contribution in [3.05, 3.63) is 35.9 Å². The summed E-state index contributed by atoms with van der Waals surface area (Å²) >= 11 is 0. The number of rotatable bonds is 15. The van der Waals surface area contributed by atoms with Crippen molar-refractivity contribution in [3.63, 3.8) is 0 Å². The van der Waals surface area contributed by atoms with Gasteiger partial charge >= 0.3 is 5.97 Å². The molecule has 0 saturated heterocycles. The molecular weight excluding hydrogens is 444 g/mol. The molecule has 12 heteroatoms. The Labute approximate surface area is 198 Å². The third-order valence-electron chi connectivity index (χ3n) is 4.99. The highest BCUT2D eigenvalue weighted by atomic mass is 16.4. The minimum atomic E-state index is -1.35. The van der Waals surface area contributed by atoms with Crippen molar-refractivity contribution in [2.24, 2.45) is 17.2 Å². The van der Waals surface area contributed by atoms with Crippen LogP contribution < -0.4 is 33.2 Å². The number of carboxylic acids is 1. The molecule has 1 aromatic carbocycles. The zero-order valence-electron chi connectivity index (χ0n) is 19.2. The van der Waals surface area contributed by atoms with Gasteiger partial charge in [0.2, 0.25) is 23.6 Å². The Kier molecular flexibility index (Phi) is 12.2. The fourth-order valence-corrected chi connectivity index (χ4v) is 3.06. The Morgan fingerprint density at radius 2 is 1.53 bits per heavy atom. The maximum absolute atomic E-state index is 12.6. The lowest BCUT2D eigenvalue weighted by molar-refractivity contribution is -0.142. The highest BCUT2D eigenvalue weighted by molar-refractivity contribution is 5.96. The van der Waals surface area contributed by atoms with E-state index in [1.54, 1.807) is 30.3 Å². The molecule has 1 aromatic rings. The van der Waals surface area contributed by atoms with Crippen LogP contribution >= 0.6 is 0 Å². The monoisotopic (exact) mass is 478 g/mol. The molecule has 188 valence electrons. The zero-order chi connectivity index (χ0) is 25.7.